The summed E-state index contributed by atoms with van der Waals surface area (Å²) in [6.45, 7) is 5.47. The van der Waals surface area contributed by atoms with Crippen molar-refractivity contribution >= 4 is 23.2 Å². The van der Waals surface area contributed by atoms with Gasteiger partial charge in [-0.3, -0.25) is 9.59 Å². The maximum absolute atomic E-state index is 12.9. The number of piperidine rings is 1. The number of hydrogen-bond donors (Lipinski definition) is 1. The van der Waals surface area contributed by atoms with Crippen molar-refractivity contribution in [2.75, 3.05) is 13.1 Å². The third kappa shape index (κ3) is 4.33. The molecule has 1 aromatic heterocycles. The van der Waals surface area contributed by atoms with E-state index in [0.29, 0.717) is 13.1 Å². The highest BCUT2D eigenvalue weighted by Crippen LogP contribution is 2.24. The molecule has 26 heavy (non-hydrogen) atoms. The number of aryl methyl sites for hydroxylation is 1. The van der Waals surface area contributed by atoms with Gasteiger partial charge in [-0.1, -0.05) is 37.3 Å². The van der Waals surface area contributed by atoms with Crippen molar-refractivity contribution in [2.45, 2.75) is 45.1 Å². The lowest BCUT2D eigenvalue weighted by Gasteiger charge is -2.34. The number of benzene rings is 1. The van der Waals surface area contributed by atoms with Gasteiger partial charge in [0.1, 0.15) is 0 Å². The molecule has 1 atom stereocenters. The summed E-state index contributed by atoms with van der Waals surface area (Å²) in [6.07, 6.45) is 2.43. The zero-order valence-corrected chi connectivity index (χ0v) is 16.2. The van der Waals surface area contributed by atoms with Crippen LogP contribution in [0.5, 0.6) is 0 Å². The van der Waals surface area contributed by atoms with Crippen LogP contribution in [-0.4, -0.2) is 35.8 Å². The standard InChI is InChI=1S/C21H26N2O2S/c1-3-18(16-7-5-4-6-8-16)21(25)23-13-11-17(12-14-23)22-20(24)19-10-9-15(2)26-19/h4-10,17-18H,3,11-14H2,1-2H3,(H,22,24)/t18-/m0/s1. The first-order valence-electron chi connectivity index (χ1n) is 9.29. The van der Waals surface area contributed by atoms with Gasteiger partial charge in [0.2, 0.25) is 5.91 Å². The molecule has 5 heteroatoms. The number of rotatable bonds is 5. The van der Waals surface area contributed by atoms with Gasteiger partial charge >= 0.3 is 0 Å². The number of carbonyl (C=O) groups is 2. The maximum Gasteiger partial charge on any atom is 0.261 e. The summed E-state index contributed by atoms with van der Waals surface area (Å²) in [5, 5.41) is 3.12. The van der Waals surface area contributed by atoms with E-state index >= 15 is 0 Å². The zero-order valence-electron chi connectivity index (χ0n) is 15.4. The Labute approximate surface area is 159 Å². The summed E-state index contributed by atoms with van der Waals surface area (Å²) in [7, 11) is 0. The van der Waals surface area contributed by atoms with Gasteiger partial charge in [-0.25, -0.2) is 0 Å². The van der Waals surface area contributed by atoms with Crippen LogP contribution in [0, 0.1) is 6.92 Å². The summed E-state index contributed by atoms with van der Waals surface area (Å²) in [6, 6.07) is 14.0. The molecule has 0 aliphatic carbocycles. The van der Waals surface area contributed by atoms with E-state index in [4.69, 9.17) is 0 Å². The third-order valence-corrected chi connectivity index (χ3v) is 6.01. The van der Waals surface area contributed by atoms with Crippen molar-refractivity contribution in [3.63, 3.8) is 0 Å². The predicted molar refractivity (Wildman–Crippen MR) is 106 cm³/mol. The van der Waals surface area contributed by atoms with E-state index in [2.05, 4.69) is 12.2 Å². The average Bonchev–Trinajstić information content (AvgIpc) is 3.10. The van der Waals surface area contributed by atoms with Gasteiger partial charge in [0.25, 0.3) is 5.91 Å². The molecule has 1 aliphatic heterocycles. The predicted octanol–water partition coefficient (Wildman–Crippen LogP) is 3.97. The molecular weight excluding hydrogens is 344 g/mol. The second-order valence-corrected chi connectivity index (χ2v) is 8.14. The van der Waals surface area contributed by atoms with Crippen LogP contribution in [-0.2, 0) is 4.79 Å². The fourth-order valence-electron chi connectivity index (χ4n) is 3.52. The highest BCUT2D eigenvalue weighted by Gasteiger charge is 2.29. The molecular formula is C21H26N2O2S. The highest BCUT2D eigenvalue weighted by molar-refractivity contribution is 7.13. The van der Waals surface area contributed by atoms with Crippen LogP contribution < -0.4 is 5.32 Å². The molecule has 3 rings (SSSR count). The number of likely N-dealkylation sites (tertiary alicyclic amines) is 1. The molecule has 1 saturated heterocycles. The first kappa shape index (κ1) is 18.6. The van der Waals surface area contributed by atoms with Crippen molar-refractivity contribution in [1.82, 2.24) is 10.2 Å². The van der Waals surface area contributed by atoms with Crippen LogP contribution in [0.1, 0.15) is 52.2 Å². The van der Waals surface area contributed by atoms with Crippen LogP contribution in [0.3, 0.4) is 0 Å². The van der Waals surface area contributed by atoms with Gasteiger partial charge in [0.15, 0.2) is 0 Å². The summed E-state index contributed by atoms with van der Waals surface area (Å²) in [5.74, 6) is 0.136. The molecule has 0 bridgehead atoms. The monoisotopic (exact) mass is 370 g/mol. The molecule has 2 amide bonds. The van der Waals surface area contributed by atoms with Crippen molar-refractivity contribution in [3.05, 3.63) is 57.8 Å². The molecule has 0 saturated carbocycles. The second kappa shape index (κ2) is 8.49. The first-order chi connectivity index (χ1) is 12.6. The van der Waals surface area contributed by atoms with Gasteiger partial charge in [0, 0.05) is 24.0 Å². The molecule has 0 spiro atoms. The van der Waals surface area contributed by atoms with E-state index in [0.717, 1.165) is 34.6 Å². The Kier molecular flexibility index (Phi) is 6.09. The highest BCUT2D eigenvalue weighted by atomic mass is 32.1. The largest absolute Gasteiger partial charge is 0.348 e. The fraction of sp³-hybridized carbons (Fsp3) is 0.429. The lowest BCUT2D eigenvalue weighted by molar-refractivity contribution is -0.134. The van der Waals surface area contributed by atoms with E-state index in [1.807, 2.05) is 54.3 Å². The SMILES string of the molecule is CC[C@H](C(=O)N1CCC(NC(=O)c2ccc(C)s2)CC1)c1ccccc1. The smallest absolute Gasteiger partial charge is 0.261 e. The normalized spacial score (nSPS) is 16.3. The molecule has 0 unspecified atom stereocenters. The fourth-order valence-corrected chi connectivity index (χ4v) is 4.29. The Morgan fingerprint density at radius 2 is 1.85 bits per heavy atom. The summed E-state index contributed by atoms with van der Waals surface area (Å²) in [5.41, 5.74) is 1.09. The van der Waals surface area contributed by atoms with Gasteiger partial charge in [0.05, 0.1) is 10.8 Å². The van der Waals surface area contributed by atoms with Crippen molar-refractivity contribution in [1.29, 1.82) is 0 Å². The minimum absolute atomic E-state index is 0.00333. The summed E-state index contributed by atoms with van der Waals surface area (Å²) >= 11 is 1.52. The van der Waals surface area contributed by atoms with Crippen LogP contribution in [0.4, 0.5) is 0 Å². The minimum Gasteiger partial charge on any atom is -0.348 e. The molecule has 1 fully saturated rings. The average molecular weight is 371 g/mol. The molecule has 1 aromatic carbocycles. The lowest BCUT2D eigenvalue weighted by atomic mass is 9.93. The number of carbonyl (C=O) groups excluding carboxylic acids is 2. The quantitative estimate of drug-likeness (QED) is 0.866. The second-order valence-electron chi connectivity index (χ2n) is 6.85. The van der Waals surface area contributed by atoms with Crippen LogP contribution >= 0.6 is 11.3 Å². The van der Waals surface area contributed by atoms with Gasteiger partial charge < -0.3 is 10.2 Å². The Hall–Kier alpha value is -2.14. The van der Waals surface area contributed by atoms with Crippen LogP contribution in [0.2, 0.25) is 0 Å². The number of nitrogens with zero attached hydrogens (tertiary/aromatic N) is 1. The van der Waals surface area contributed by atoms with E-state index < -0.39 is 0 Å². The summed E-state index contributed by atoms with van der Waals surface area (Å²) in [4.78, 5) is 29.1. The molecule has 138 valence electrons. The van der Waals surface area contributed by atoms with Crippen molar-refractivity contribution < 1.29 is 9.59 Å². The Bertz CT molecular complexity index is 748. The van der Waals surface area contributed by atoms with E-state index in [1.165, 1.54) is 11.3 Å². The number of nitrogens with one attached hydrogen (secondary N) is 1. The van der Waals surface area contributed by atoms with Gasteiger partial charge in [-0.2, -0.15) is 0 Å². The molecule has 0 radical (unpaired) electrons. The lowest BCUT2D eigenvalue weighted by Crippen LogP contribution is -2.47. The van der Waals surface area contributed by atoms with Crippen LogP contribution in [0.15, 0.2) is 42.5 Å². The summed E-state index contributed by atoms with van der Waals surface area (Å²) < 4.78 is 0. The molecule has 1 N–H and O–H groups in total. The van der Waals surface area contributed by atoms with Crippen molar-refractivity contribution in [2.24, 2.45) is 0 Å². The number of thiophene rings is 1. The van der Waals surface area contributed by atoms with Gasteiger partial charge in [-0.05, 0) is 43.9 Å². The Balaban J connectivity index is 1.54. The van der Waals surface area contributed by atoms with Crippen molar-refractivity contribution in [3.8, 4) is 0 Å². The Morgan fingerprint density at radius 3 is 2.42 bits per heavy atom. The molecule has 2 aromatic rings. The molecule has 1 aliphatic rings. The minimum atomic E-state index is -0.0727. The zero-order chi connectivity index (χ0) is 18.5. The number of amides is 2. The Morgan fingerprint density at radius 1 is 1.15 bits per heavy atom. The van der Waals surface area contributed by atoms with E-state index in [9.17, 15) is 9.59 Å². The topological polar surface area (TPSA) is 49.4 Å². The number of hydrogen-bond acceptors (Lipinski definition) is 3. The first-order valence-corrected chi connectivity index (χ1v) is 10.1. The maximum atomic E-state index is 12.9. The van der Waals surface area contributed by atoms with Crippen LogP contribution in [0.25, 0.3) is 0 Å². The molecule has 2 heterocycles. The van der Waals surface area contributed by atoms with Gasteiger partial charge in [-0.15, -0.1) is 11.3 Å². The van der Waals surface area contributed by atoms with E-state index in [-0.39, 0.29) is 23.8 Å². The molecule has 4 nitrogen and oxygen atoms in total. The third-order valence-electron chi connectivity index (χ3n) is 5.01. The van der Waals surface area contributed by atoms with E-state index in [1.54, 1.807) is 0 Å².